The van der Waals surface area contributed by atoms with Gasteiger partial charge < -0.3 is 10.2 Å². The van der Waals surface area contributed by atoms with E-state index in [-0.39, 0.29) is 47.8 Å². The maximum absolute atomic E-state index is 12.9. The highest BCUT2D eigenvalue weighted by molar-refractivity contribution is 14.0. The van der Waals surface area contributed by atoms with Crippen LogP contribution in [0, 0.1) is 5.82 Å². The van der Waals surface area contributed by atoms with Crippen molar-refractivity contribution in [2.45, 2.75) is 20.4 Å². The van der Waals surface area contributed by atoms with Gasteiger partial charge in [0.25, 0.3) is 0 Å². The lowest BCUT2D eigenvalue weighted by Crippen LogP contribution is -2.38. The van der Waals surface area contributed by atoms with Gasteiger partial charge in [0.2, 0.25) is 0 Å². The molecule has 0 fully saturated rings. The van der Waals surface area contributed by atoms with Crippen molar-refractivity contribution in [3.8, 4) is 0 Å². The van der Waals surface area contributed by atoms with E-state index in [1.54, 1.807) is 19.1 Å². The molecule has 0 amide bonds. The molecule has 0 bridgehead atoms. The number of nitrogens with zero attached hydrogens (tertiary/aromatic N) is 2. The molecule has 1 aromatic rings. The largest absolute Gasteiger partial charge is 0.357 e. The van der Waals surface area contributed by atoms with E-state index in [2.05, 4.69) is 10.3 Å². The number of halogens is 2. The molecule has 1 aromatic carbocycles. The van der Waals surface area contributed by atoms with E-state index in [1.165, 1.54) is 12.1 Å². The Bertz CT molecular complexity index is 591. The maximum Gasteiger partial charge on any atom is 0.193 e. The van der Waals surface area contributed by atoms with Gasteiger partial charge in [0.15, 0.2) is 15.8 Å². The zero-order valence-corrected chi connectivity index (χ0v) is 16.9. The van der Waals surface area contributed by atoms with Gasteiger partial charge in [-0.3, -0.25) is 4.99 Å². The molecule has 0 aliphatic carbocycles. The molecule has 0 unspecified atom stereocenters. The van der Waals surface area contributed by atoms with Crippen LogP contribution in [0.5, 0.6) is 0 Å². The molecule has 5 nitrogen and oxygen atoms in total. The third kappa shape index (κ3) is 8.50. The monoisotopic (exact) mass is 457 g/mol. The Hall–Kier alpha value is -0.900. The molecule has 0 heterocycles. The first kappa shape index (κ1) is 22.1. The third-order valence-electron chi connectivity index (χ3n) is 3.13. The predicted octanol–water partition coefficient (Wildman–Crippen LogP) is 2.28. The van der Waals surface area contributed by atoms with E-state index in [9.17, 15) is 12.8 Å². The van der Waals surface area contributed by atoms with Crippen LogP contribution < -0.4 is 5.32 Å². The summed E-state index contributed by atoms with van der Waals surface area (Å²) in [5.41, 5.74) is 0.954. The zero-order valence-electron chi connectivity index (χ0n) is 13.8. The summed E-state index contributed by atoms with van der Waals surface area (Å²) in [6.45, 7) is 5.06. The molecular formula is C15H25FIN3O2S. The fourth-order valence-corrected chi connectivity index (χ4v) is 2.50. The summed E-state index contributed by atoms with van der Waals surface area (Å²) in [6.07, 6.45) is 0. The van der Waals surface area contributed by atoms with E-state index in [1.807, 2.05) is 18.9 Å². The van der Waals surface area contributed by atoms with Crippen molar-refractivity contribution < 1.29 is 12.8 Å². The Morgan fingerprint density at radius 3 is 2.39 bits per heavy atom. The Balaban J connectivity index is 0.00000484. The molecule has 0 spiro atoms. The third-order valence-corrected chi connectivity index (χ3v) is 4.82. The molecule has 0 aliphatic heterocycles. The summed E-state index contributed by atoms with van der Waals surface area (Å²) in [5.74, 6) is 0.544. The van der Waals surface area contributed by atoms with Crippen molar-refractivity contribution in [3.63, 3.8) is 0 Å². The smallest absolute Gasteiger partial charge is 0.193 e. The molecule has 0 saturated carbocycles. The quantitative estimate of drug-likeness (QED) is 0.388. The molecule has 0 aliphatic rings. The normalized spacial score (nSPS) is 11.7. The van der Waals surface area contributed by atoms with Gasteiger partial charge in [-0.05, 0) is 24.6 Å². The first-order chi connectivity index (χ1) is 10.4. The summed E-state index contributed by atoms with van der Waals surface area (Å²) >= 11 is 0. The number of aliphatic imine (C=N–C) groups is 1. The van der Waals surface area contributed by atoms with Crippen molar-refractivity contribution >= 4 is 39.8 Å². The lowest BCUT2D eigenvalue weighted by molar-refractivity contribution is 0.477. The van der Waals surface area contributed by atoms with Gasteiger partial charge in [0.05, 0.1) is 12.3 Å². The fourth-order valence-electron chi connectivity index (χ4n) is 1.84. The highest BCUT2D eigenvalue weighted by Gasteiger charge is 2.09. The minimum atomic E-state index is -3.01. The molecule has 0 radical (unpaired) electrons. The van der Waals surface area contributed by atoms with Crippen LogP contribution in [0.25, 0.3) is 0 Å². The van der Waals surface area contributed by atoms with Crippen molar-refractivity contribution in [3.05, 3.63) is 35.6 Å². The van der Waals surface area contributed by atoms with Gasteiger partial charge in [-0.15, -0.1) is 24.0 Å². The Morgan fingerprint density at radius 2 is 1.87 bits per heavy atom. The van der Waals surface area contributed by atoms with Crippen molar-refractivity contribution in [1.82, 2.24) is 10.2 Å². The van der Waals surface area contributed by atoms with Crippen molar-refractivity contribution in [2.75, 3.05) is 31.6 Å². The Morgan fingerprint density at radius 1 is 1.26 bits per heavy atom. The first-order valence-electron chi connectivity index (χ1n) is 7.32. The van der Waals surface area contributed by atoms with E-state index >= 15 is 0 Å². The van der Waals surface area contributed by atoms with Crippen LogP contribution in [0.1, 0.15) is 19.4 Å². The summed E-state index contributed by atoms with van der Waals surface area (Å²) < 4.78 is 35.9. The average molecular weight is 457 g/mol. The van der Waals surface area contributed by atoms with E-state index in [0.717, 1.165) is 5.56 Å². The number of sulfone groups is 1. The number of hydrogen-bond acceptors (Lipinski definition) is 3. The van der Waals surface area contributed by atoms with Crippen LogP contribution in [0.3, 0.4) is 0 Å². The van der Waals surface area contributed by atoms with Gasteiger partial charge in [-0.25, -0.2) is 12.8 Å². The average Bonchev–Trinajstić information content (AvgIpc) is 2.48. The van der Waals surface area contributed by atoms with Crippen LogP contribution in [0.2, 0.25) is 0 Å². The molecule has 132 valence electrons. The van der Waals surface area contributed by atoms with Crippen molar-refractivity contribution in [1.29, 1.82) is 0 Å². The summed E-state index contributed by atoms with van der Waals surface area (Å²) in [4.78, 5) is 6.22. The number of nitrogens with one attached hydrogen (secondary N) is 1. The maximum atomic E-state index is 12.9. The lowest BCUT2D eigenvalue weighted by atomic mass is 10.2. The Labute approximate surface area is 155 Å². The number of benzene rings is 1. The first-order valence-corrected chi connectivity index (χ1v) is 9.14. The second-order valence-electron chi connectivity index (χ2n) is 4.95. The summed E-state index contributed by atoms with van der Waals surface area (Å²) in [6, 6.07) is 6.27. The van der Waals surface area contributed by atoms with Gasteiger partial charge in [0.1, 0.15) is 5.82 Å². The highest BCUT2D eigenvalue weighted by Crippen LogP contribution is 2.05. The minimum absolute atomic E-state index is 0. The van der Waals surface area contributed by atoms with Crippen LogP contribution in [0.15, 0.2) is 29.3 Å². The van der Waals surface area contributed by atoms with Gasteiger partial charge in [0, 0.05) is 25.9 Å². The van der Waals surface area contributed by atoms with Crippen LogP contribution >= 0.6 is 24.0 Å². The van der Waals surface area contributed by atoms with E-state index < -0.39 is 9.84 Å². The molecule has 0 atom stereocenters. The molecule has 23 heavy (non-hydrogen) atoms. The summed E-state index contributed by atoms with van der Waals surface area (Å²) in [5, 5.41) is 3.13. The predicted molar refractivity (Wildman–Crippen MR) is 104 cm³/mol. The molecule has 0 saturated heterocycles. The van der Waals surface area contributed by atoms with Crippen molar-refractivity contribution in [2.24, 2.45) is 4.99 Å². The van der Waals surface area contributed by atoms with Gasteiger partial charge >= 0.3 is 0 Å². The van der Waals surface area contributed by atoms with Gasteiger partial charge in [-0.2, -0.15) is 0 Å². The number of guanidine groups is 1. The van der Waals surface area contributed by atoms with E-state index in [4.69, 9.17) is 0 Å². The highest BCUT2D eigenvalue weighted by atomic mass is 127. The SMILES string of the molecule is CCNC(=NCCS(=O)(=O)CC)N(C)Cc1ccc(F)cc1.I. The molecular weight excluding hydrogens is 432 g/mol. The fraction of sp³-hybridized carbons (Fsp3) is 0.533. The Kier molecular flexibility index (Phi) is 10.4. The number of hydrogen-bond donors (Lipinski definition) is 1. The molecule has 0 aromatic heterocycles. The van der Waals surface area contributed by atoms with Crippen LogP contribution in [0.4, 0.5) is 4.39 Å². The molecule has 8 heteroatoms. The lowest BCUT2D eigenvalue weighted by Gasteiger charge is -2.22. The second kappa shape index (κ2) is 10.8. The zero-order chi connectivity index (χ0) is 16.6. The number of rotatable bonds is 7. The second-order valence-corrected chi connectivity index (χ2v) is 7.43. The van der Waals surface area contributed by atoms with E-state index in [0.29, 0.717) is 19.0 Å². The van der Waals surface area contributed by atoms with Crippen LogP contribution in [-0.4, -0.2) is 50.9 Å². The molecule has 1 N–H and O–H groups in total. The minimum Gasteiger partial charge on any atom is -0.357 e. The summed E-state index contributed by atoms with van der Waals surface area (Å²) in [7, 11) is -1.15. The molecule has 1 rings (SSSR count). The van der Waals surface area contributed by atoms with Crippen LogP contribution in [-0.2, 0) is 16.4 Å². The topological polar surface area (TPSA) is 61.8 Å². The van der Waals surface area contributed by atoms with Gasteiger partial charge in [-0.1, -0.05) is 19.1 Å². The standard InChI is InChI=1S/C15H24FN3O2S.HI/c1-4-17-15(18-10-11-22(20,21)5-2)19(3)12-13-6-8-14(16)9-7-13;/h6-9H,4-5,10-12H2,1-3H3,(H,17,18);1H.